The molecule has 1 amide bonds. The number of carbonyl (C=O) groups is 1. The summed E-state index contributed by atoms with van der Waals surface area (Å²) in [6.45, 7) is 3.84. The molecule has 3 heterocycles. The Balaban J connectivity index is 1.22. The maximum absolute atomic E-state index is 12.3. The van der Waals surface area contributed by atoms with Crippen LogP contribution in [0.15, 0.2) is 30.5 Å². The first-order valence-electron chi connectivity index (χ1n) is 10.6. The van der Waals surface area contributed by atoms with Gasteiger partial charge in [0.25, 0.3) is 0 Å². The first kappa shape index (κ1) is 19.9. The van der Waals surface area contributed by atoms with Gasteiger partial charge in [0, 0.05) is 30.1 Å². The van der Waals surface area contributed by atoms with Crippen molar-refractivity contribution in [2.75, 3.05) is 26.7 Å². The van der Waals surface area contributed by atoms with Gasteiger partial charge < -0.3 is 20.7 Å². The molecule has 2 aromatic rings. The molecular formula is C22H31N5O2. The SMILES string of the molecule is COc1ccc(-c2[nH]ncc2CNC(=O)CCC[C@@H]2NC[C@@H]3CNC[C@H]2C3)cc1. The van der Waals surface area contributed by atoms with Crippen LogP contribution in [0.5, 0.6) is 5.75 Å². The third kappa shape index (κ3) is 4.97. The minimum absolute atomic E-state index is 0.0994. The molecule has 2 fully saturated rings. The minimum Gasteiger partial charge on any atom is -0.497 e. The second-order valence-electron chi connectivity index (χ2n) is 8.20. The number of amides is 1. The van der Waals surface area contributed by atoms with Crippen molar-refractivity contribution in [3.8, 4) is 17.0 Å². The molecule has 0 spiro atoms. The van der Waals surface area contributed by atoms with Crippen LogP contribution >= 0.6 is 0 Å². The summed E-state index contributed by atoms with van der Waals surface area (Å²) in [5.74, 6) is 2.41. The van der Waals surface area contributed by atoms with E-state index in [4.69, 9.17) is 4.74 Å². The smallest absolute Gasteiger partial charge is 0.220 e. The quantitative estimate of drug-likeness (QED) is 0.547. The van der Waals surface area contributed by atoms with Gasteiger partial charge in [-0.1, -0.05) is 0 Å². The number of ether oxygens (including phenoxy) is 1. The summed E-state index contributed by atoms with van der Waals surface area (Å²) in [7, 11) is 1.65. The lowest BCUT2D eigenvalue weighted by Crippen LogP contribution is -2.54. The number of carbonyl (C=O) groups excluding carboxylic acids is 1. The number of hydrogen-bond acceptors (Lipinski definition) is 5. The van der Waals surface area contributed by atoms with Crippen molar-refractivity contribution in [3.05, 3.63) is 36.0 Å². The van der Waals surface area contributed by atoms with Gasteiger partial charge in [-0.2, -0.15) is 5.10 Å². The summed E-state index contributed by atoms with van der Waals surface area (Å²) in [4.78, 5) is 12.3. The van der Waals surface area contributed by atoms with Gasteiger partial charge in [0.1, 0.15) is 5.75 Å². The van der Waals surface area contributed by atoms with Crippen LogP contribution in [-0.4, -0.2) is 48.9 Å². The number of aromatic amines is 1. The predicted molar refractivity (Wildman–Crippen MR) is 113 cm³/mol. The number of methoxy groups -OCH3 is 1. The van der Waals surface area contributed by atoms with Crippen LogP contribution in [0.3, 0.4) is 0 Å². The third-order valence-electron chi connectivity index (χ3n) is 6.20. The summed E-state index contributed by atoms with van der Waals surface area (Å²) >= 11 is 0. The number of rotatable bonds is 8. The normalized spacial score (nSPS) is 23.6. The summed E-state index contributed by atoms with van der Waals surface area (Å²) < 4.78 is 5.21. The average Bonchev–Trinajstić information content (AvgIpc) is 3.23. The molecule has 2 aliphatic heterocycles. The average molecular weight is 398 g/mol. The molecule has 0 radical (unpaired) electrons. The maximum Gasteiger partial charge on any atom is 0.220 e. The van der Waals surface area contributed by atoms with E-state index >= 15 is 0 Å². The monoisotopic (exact) mass is 397 g/mol. The number of piperidine rings is 2. The van der Waals surface area contributed by atoms with Crippen LogP contribution < -0.4 is 20.7 Å². The van der Waals surface area contributed by atoms with Crippen LogP contribution in [0.1, 0.15) is 31.2 Å². The Kier molecular flexibility index (Phi) is 6.46. The third-order valence-corrected chi connectivity index (χ3v) is 6.20. The molecular weight excluding hydrogens is 366 g/mol. The van der Waals surface area contributed by atoms with E-state index in [0.717, 1.165) is 61.0 Å². The molecule has 2 bridgehead atoms. The Labute approximate surface area is 172 Å². The van der Waals surface area contributed by atoms with Crippen LogP contribution in [0, 0.1) is 11.8 Å². The fourth-order valence-electron chi connectivity index (χ4n) is 4.57. The summed E-state index contributed by atoms with van der Waals surface area (Å²) in [5, 5.41) is 17.5. The summed E-state index contributed by atoms with van der Waals surface area (Å²) in [6.07, 6.45) is 5.65. The van der Waals surface area contributed by atoms with E-state index in [-0.39, 0.29) is 5.91 Å². The van der Waals surface area contributed by atoms with Gasteiger partial charge in [0.2, 0.25) is 5.91 Å². The molecule has 4 rings (SSSR count). The summed E-state index contributed by atoms with van der Waals surface area (Å²) in [5.41, 5.74) is 2.94. The van der Waals surface area contributed by atoms with Gasteiger partial charge in [-0.25, -0.2) is 0 Å². The molecule has 3 atom stereocenters. The summed E-state index contributed by atoms with van der Waals surface area (Å²) in [6, 6.07) is 8.35. The lowest BCUT2D eigenvalue weighted by molar-refractivity contribution is -0.121. The van der Waals surface area contributed by atoms with Crippen LogP contribution in [0.2, 0.25) is 0 Å². The highest BCUT2D eigenvalue weighted by atomic mass is 16.5. The standard InChI is InChI=1S/C22H31N5O2/c1-29-19-7-5-16(6-8-19)22-18(14-26-27-22)13-25-21(28)4-2-3-20-17-9-15(11-24-20)10-23-12-17/h5-8,14-15,17,20,23-24H,2-4,9-13H2,1H3,(H,25,28)(H,26,27)/t15-,17+,20-/m0/s1. The van der Waals surface area contributed by atoms with Gasteiger partial charge in [-0.15, -0.1) is 0 Å². The fourth-order valence-corrected chi connectivity index (χ4v) is 4.57. The zero-order chi connectivity index (χ0) is 20.1. The van der Waals surface area contributed by atoms with E-state index in [0.29, 0.717) is 24.9 Å². The second-order valence-corrected chi connectivity index (χ2v) is 8.20. The lowest BCUT2D eigenvalue weighted by Gasteiger charge is -2.41. The number of fused-ring (bicyclic) bond motifs is 2. The van der Waals surface area contributed by atoms with Crippen molar-refractivity contribution in [2.45, 2.75) is 38.3 Å². The van der Waals surface area contributed by atoms with E-state index in [1.807, 2.05) is 24.3 Å². The molecule has 7 heteroatoms. The molecule has 2 aliphatic rings. The Morgan fingerprint density at radius 1 is 1.24 bits per heavy atom. The van der Waals surface area contributed by atoms with Crippen molar-refractivity contribution in [1.82, 2.24) is 26.1 Å². The molecule has 1 aromatic heterocycles. The topological polar surface area (TPSA) is 91.1 Å². The molecule has 156 valence electrons. The predicted octanol–water partition coefficient (Wildman–Crippen LogP) is 2.07. The van der Waals surface area contributed by atoms with Gasteiger partial charge in [0.15, 0.2) is 0 Å². The van der Waals surface area contributed by atoms with Crippen molar-refractivity contribution in [1.29, 1.82) is 0 Å². The maximum atomic E-state index is 12.3. The number of aromatic nitrogens is 2. The molecule has 7 nitrogen and oxygen atoms in total. The Hall–Kier alpha value is -2.38. The number of nitrogens with one attached hydrogen (secondary N) is 4. The first-order chi connectivity index (χ1) is 14.2. The number of hydrogen-bond donors (Lipinski definition) is 4. The van der Waals surface area contributed by atoms with Crippen LogP contribution in [0.25, 0.3) is 11.3 Å². The molecule has 0 unspecified atom stereocenters. The largest absolute Gasteiger partial charge is 0.497 e. The lowest BCUT2D eigenvalue weighted by atomic mass is 9.80. The van der Waals surface area contributed by atoms with Crippen molar-refractivity contribution in [2.24, 2.45) is 11.8 Å². The van der Waals surface area contributed by atoms with Crippen molar-refractivity contribution < 1.29 is 9.53 Å². The van der Waals surface area contributed by atoms with Crippen molar-refractivity contribution >= 4 is 5.91 Å². The zero-order valence-corrected chi connectivity index (χ0v) is 17.0. The Bertz CT molecular complexity index is 804. The van der Waals surface area contributed by atoms with Crippen molar-refractivity contribution in [3.63, 3.8) is 0 Å². The highest BCUT2D eigenvalue weighted by Crippen LogP contribution is 2.27. The Morgan fingerprint density at radius 2 is 2.10 bits per heavy atom. The molecule has 4 N–H and O–H groups in total. The minimum atomic E-state index is 0.0994. The Morgan fingerprint density at radius 3 is 2.93 bits per heavy atom. The molecule has 0 aliphatic carbocycles. The number of H-pyrrole nitrogens is 1. The molecule has 1 aromatic carbocycles. The van der Waals surface area contributed by atoms with Gasteiger partial charge in [-0.3, -0.25) is 9.89 Å². The van der Waals surface area contributed by atoms with Gasteiger partial charge in [-0.05, 0) is 75.0 Å². The number of benzene rings is 1. The van der Waals surface area contributed by atoms with E-state index in [1.54, 1.807) is 13.3 Å². The fraction of sp³-hybridized carbons (Fsp3) is 0.545. The highest BCUT2D eigenvalue weighted by molar-refractivity contribution is 5.76. The second kappa shape index (κ2) is 9.41. The van der Waals surface area contributed by atoms with E-state index < -0.39 is 0 Å². The van der Waals surface area contributed by atoms with Gasteiger partial charge >= 0.3 is 0 Å². The van der Waals surface area contributed by atoms with Crippen LogP contribution in [-0.2, 0) is 11.3 Å². The van der Waals surface area contributed by atoms with E-state index in [1.165, 1.54) is 6.42 Å². The van der Waals surface area contributed by atoms with E-state index in [9.17, 15) is 4.79 Å². The molecule has 29 heavy (non-hydrogen) atoms. The number of nitrogens with zero attached hydrogens (tertiary/aromatic N) is 1. The van der Waals surface area contributed by atoms with E-state index in [2.05, 4.69) is 26.1 Å². The first-order valence-corrected chi connectivity index (χ1v) is 10.6. The molecule has 0 saturated carbocycles. The van der Waals surface area contributed by atoms with Crippen LogP contribution in [0.4, 0.5) is 0 Å². The van der Waals surface area contributed by atoms with Gasteiger partial charge in [0.05, 0.1) is 19.0 Å². The molecule has 2 saturated heterocycles. The zero-order valence-electron chi connectivity index (χ0n) is 17.0. The highest BCUT2D eigenvalue weighted by Gasteiger charge is 2.32.